The number of anilines is 1. The highest BCUT2D eigenvalue weighted by Gasteiger charge is 2.06. The average molecular weight is 228 g/mol. The molecule has 0 saturated heterocycles. The maximum Gasteiger partial charge on any atom is 0.202 e. The molecule has 0 aliphatic rings. The van der Waals surface area contributed by atoms with E-state index in [4.69, 9.17) is 0 Å². The Bertz CT molecular complexity index is 283. The van der Waals surface area contributed by atoms with Crippen LogP contribution in [0.25, 0.3) is 0 Å². The van der Waals surface area contributed by atoms with Crippen molar-refractivity contribution in [1.29, 1.82) is 0 Å². The lowest BCUT2D eigenvalue weighted by atomic mass is 10.2. The Kier molecular flexibility index (Phi) is 4.98. The highest BCUT2D eigenvalue weighted by molar-refractivity contribution is 7.09. The van der Waals surface area contributed by atoms with Crippen LogP contribution in [0.1, 0.15) is 39.4 Å². The molecular weight excluding hydrogens is 208 g/mol. The summed E-state index contributed by atoms with van der Waals surface area (Å²) < 4.78 is 4.28. The Labute approximate surface area is 95.7 Å². The normalized spacial score (nSPS) is 11.3. The third-order valence-electron chi connectivity index (χ3n) is 1.91. The highest BCUT2D eigenvalue weighted by Crippen LogP contribution is 2.16. The van der Waals surface area contributed by atoms with Crippen LogP contribution < -0.4 is 10.6 Å². The van der Waals surface area contributed by atoms with Gasteiger partial charge in [0.25, 0.3) is 0 Å². The first-order chi connectivity index (χ1) is 7.09. The predicted molar refractivity (Wildman–Crippen MR) is 65.6 cm³/mol. The Balaban J connectivity index is 2.26. The second-order valence-corrected chi connectivity index (χ2v) is 4.90. The van der Waals surface area contributed by atoms with Crippen LogP contribution in [0.3, 0.4) is 0 Å². The molecule has 0 amide bonds. The molecule has 0 aliphatic heterocycles. The highest BCUT2D eigenvalue weighted by atomic mass is 32.1. The first kappa shape index (κ1) is 12.4. The van der Waals surface area contributed by atoms with Crippen molar-refractivity contribution >= 4 is 16.7 Å². The molecule has 0 radical (unpaired) electrons. The van der Waals surface area contributed by atoms with Crippen molar-refractivity contribution in [3.63, 3.8) is 0 Å². The largest absolute Gasteiger partial charge is 0.359 e. The fraction of sp³-hybridized carbons (Fsp3) is 0.800. The SMILES string of the molecule is CC(C)NCCNc1nc(C(C)C)ns1. The van der Waals surface area contributed by atoms with Gasteiger partial charge in [0.1, 0.15) is 5.82 Å². The van der Waals surface area contributed by atoms with Crippen molar-refractivity contribution in [2.45, 2.75) is 39.7 Å². The molecule has 1 heterocycles. The Morgan fingerprint density at radius 2 is 1.93 bits per heavy atom. The van der Waals surface area contributed by atoms with Crippen LogP contribution in [0.5, 0.6) is 0 Å². The number of nitrogens with zero attached hydrogens (tertiary/aromatic N) is 2. The van der Waals surface area contributed by atoms with Gasteiger partial charge in [0, 0.05) is 36.6 Å². The standard InChI is InChI=1S/C10H20N4S/c1-7(2)9-13-10(15-14-9)12-6-5-11-8(3)4/h7-8,11H,5-6H2,1-4H3,(H,12,13,14). The van der Waals surface area contributed by atoms with E-state index in [2.05, 4.69) is 47.7 Å². The zero-order chi connectivity index (χ0) is 11.3. The number of aromatic nitrogens is 2. The smallest absolute Gasteiger partial charge is 0.202 e. The first-order valence-corrected chi connectivity index (χ1v) is 6.17. The van der Waals surface area contributed by atoms with E-state index in [1.54, 1.807) is 0 Å². The van der Waals surface area contributed by atoms with E-state index < -0.39 is 0 Å². The lowest BCUT2D eigenvalue weighted by Gasteiger charge is -2.07. The zero-order valence-corrected chi connectivity index (χ0v) is 10.7. The van der Waals surface area contributed by atoms with Gasteiger partial charge in [-0.3, -0.25) is 0 Å². The molecule has 86 valence electrons. The van der Waals surface area contributed by atoms with Crippen LogP contribution in [0.15, 0.2) is 0 Å². The second kappa shape index (κ2) is 6.02. The molecule has 1 aromatic rings. The summed E-state index contributed by atoms with van der Waals surface area (Å²) in [5.41, 5.74) is 0. The predicted octanol–water partition coefficient (Wildman–Crippen LogP) is 2.07. The minimum absolute atomic E-state index is 0.408. The Morgan fingerprint density at radius 1 is 1.20 bits per heavy atom. The van der Waals surface area contributed by atoms with Gasteiger partial charge in [-0.2, -0.15) is 4.37 Å². The van der Waals surface area contributed by atoms with Gasteiger partial charge in [-0.25, -0.2) is 4.98 Å². The maximum atomic E-state index is 4.39. The van der Waals surface area contributed by atoms with E-state index in [1.165, 1.54) is 11.5 Å². The third-order valence-corrected chi connectivity index (χ3v) is 2.60. The number of rotatable bonds is 6. The fourth-order valence-electron chi connectivity index (χ4n) is 1.07. The summed E-state index contributed by atoms with van der Waals surface area (Å²) in [7, 11) is 0. The molecule has 15 heavy (non-hydrogen) atoms. The molecular formula is C10H20N4S. The lowest BCUT2D eigenvalue weighted by molar-refractivity contribution is 0.602. The summed E-state index contributed by atoms with van der Waals surface area (Å²) in [4.78, 5) is 4.39. The van der Waals surface area contributed by atoms with Crippen LogP contribution in [0.2, 0.25) is 0 Å². The van der Waals surface area contributed by atoms with Crippen LogP contribution in [0, 0.1) is 0 Å². The van der Waals surface area contributed by atoms with Crippen LogP contribution in [-0.2, 0) is 0 Å². The quantitative estimate of drug-likeness (QED) is 0.732. The topological polar surface area (TPSA) is 49.8 Å². The van der Waals surface area contributed by atoms with Gasteiger partial charge < -0.3 is 10.6 Å². The molecule has 1 aromatic heterocycles. The van der Waals surface area contributed by atoms with Crippen LogP contribution in [-0.4, -0.2) is 28.5 Å². The summed E-state index contributed by atoms with van der Waals surface area (Å²) >= 11 is 1.44. The van der Waals surface area contributed by atoms with Crippen molar-refractivity contribution in [1.82, 2.24) is 14.7 Å². The van der Waals surface area contributed by atoms with E-state index >= 15 is 0 Å². The Morgan fingerprint density at radius 3 is 2.47 bits per heavy atom. The lowest BCUT2D eigenvalue weighted by Crippen LogP contribution is -2.28. The van der Waals surface area contributed by atoms with Gasteiger partial charge in [0.05, 0.1) is 0 Å². The Hall–Kier alpha value is -0.680. The monoisotopic (exact) mass is 228 g/mol. The molecule has 1 rings (SSSR count). The van der Waals surface area contributed by atoms with Crippen molar-refractivity contribution < 1.29 is 0 Å². The average Bonchev–Trinajstić information content (AvgIpc) is 2.60. The molecule has 0 aromatic carbocycles. The molecule has 5 heteroatoms. The number of hydrogen-bond acceptors (Lipinski definition) is 5. The molecule has 2 N–H and O–H groups in total. The number of hydrogen-bond donors (Lipinski definition) is 2. The van der Waals surface area contributed by atoms with Gasteiger partial charge in [0.15, 0.2) is 0 Å². The minimum atomic E-state index is 0.408. The molecule has 0 spiro atoms. The van der Waals surface area contributed by atoms with Gasteiger partial charge >= 0.3 is 0 Å². The van der Waals surface area contributed by atoms with E-state index in [0.717, 1.165) is 24.0 Å². The van der Waals surface area contributed by atoms with Gasteiger partial charge in [-0.15, -0.1) is 0 Å². The molecule has 0 unspecified atom stereocenters. The molecule has 0 saturated carbocycles. The van der Waals surface area contributed by atoms with E-state index in [-0.39, 0.29) is 0 Å². The first-order valence-electron chi connectivity index (χ1n) is 5.40. The summed E-state index contributed by atoms with van der Waals surface area (Å²) in [5, 5.41) is 7.52. The summed E-state index contributed by atoms with van der Waals surface area (Å²) in [6.45, 7) is 10.3. The van der Waals surface area contributed by atoms with Crippen molar-refractivity contribution in [3.05, 3.63) is 5.82 Å². The van der Waals surface area contributed by atoms with E-state index in [1.807, 2.05) is 0 Å². The van der Waals surface area contributed by atoms with Crippen molar-refractivity contribution in [2.75, 3.05) is 18.4 Å². The maximum absolute atomic E-state index is 4.39. The second-order valence-electron chi connectivity index (χ2n) is 4.15. The van der Waals surface area contributed by atoms with Crippen molar-refractivity contribution in [2.24, 2.45) is 0 Å². The molecule has 0 atom stereocenters. The minimum Gasteiger partial charge on any atom is -0.359 e. The summed E-state index contributed by atoms with van der Waals surface area (Å²) in [5.74, 6) is 1.34. The zero-order valence-electron chi connectivity index (χ0n) is 9.87. The fourth-order valence-corrected chi connectivity index (χ4v) is 1.80. The number of nitrogens with one attached hydrogen (secondary N) is 2. The van der Waals surface area contributed by atoms with Gasteiger partial charge in [-0.1, -0.05) is 27.7 Å². The van der Waals surface area contributed by atoms with Crippen molar-refractivity contribution in [3.8, 4) is 0 Å². The van der Waals surface area contributed by atoms with Gasteiger partial charge in [-0.05, 0) is 0 Å². The van der Waals surface area contributed by atoms with E-state index in [9.17, 15) is 0 Å². The molecule has 0 fully saturated rings. The van der Waals surface area contributed by atoms with E-state index in [0.29, 0.717) is 12.0 Å². The molecule has 0 bridgehead atoms. The van der Waals surface area contributed by atoms with Gasteiger partial charge in [0.2, 0.25) is 5.13 Å². The van der Waals surface area contributed by atoms with Crippen LogP contribution in [0.4, 0.5) is 5.13 Å². The summed E-state index contributed by atoms with van der Waals surface area (Å²) in [6.07, 6.45) is 0. The summed E-state index contributed by atoms with van der Waals surface area (Å²) in [6, 6.07) is 0.535. The van der Waals surface area contributed by atoms with Crippen LogP contribution >= 0.6 is 11.5 Å². The third kappa shape index (κ3) is 4.57. The molecule has 0 aliphatic carbocycles. The molecule has 4 nitrogen and oxygen atoms in total.